The van der Waals surface area contributed by atoms with E-state index in [1.165, 1.54) is 27.2 Å². The van der Waals surface area contributed by atoms with E-state index in [9.17, 15) is 0 Å². The van der Waals surface area contributed by atoms with Gasteiger partial charge in [-0.2, -0.15) is 0 Å². The molecular formula is C11H11BrN2S2. The minimum absolute atomic E-state index is 0.480. The van der Waals surface area contributed by atoms with Crippen LogP contribution in [0.4, 0.5) is 0 Å². The van der Waals surface area contributed by atoms with Gasteiger partial charge in [-0.25, -0.2) is 4.98 Å². The third-order valence-corrected chi connectivity index (χ3v) is 5.38. The van der Waals surface area contributed by atoms with Gasteiger partial charge in [0, 0.05) is 5.38 Å². The van der Waals surface area contributed by atoms with Gasteiger partial charge in [-0.15, -0.1) is 22.7 Å². The van der Waals surface area contributed by atoms with Gasteiger partial charge in [0.05, 0.1) is 20.4 Å². The summed E-state index contributed by atoms with van der Waals surface area (Å²) >= 11 is 6.97. The molecule has 0 radical (unpaired) electrons. The maximum atomic E-state index is 4.72. The molecule has 2 aromatic rings. The van der Waals surface area contributed by atoms with Crippen LogP contribution in [0.25, 0.3) is 9.88 Å². The van der Waals surface area contributed by atoms with Gasteiger partial charge in [-0.3, -0.25) is 0 Å². The van der Waals surface area contributed by atoms with Crippen molar-refractivity contribution in [2.24, 2.45) is 0 Å². The summed E-state index contributed by atoms with van der Waals surface area (Å²) in [7, 11) is 0. The lowest BCUT2D eigenvalue weighted by molar-refractivity contribution is 0.632. The van der Waals surface area contributed by atoms with Crippen molar-refractivity contribution in [1.29, 1.82) is 0 Å². The van der Waals surface area contributed by atoms with E-state index in [1.807, 2.05) is 0 Å². The Kier molecular flexibility index (Phi) is 3.11. The highest BCUT2D eigenvalue weighted by Crippen LogP contribution is 2.35. The second-order valence-electron chi connectivity index (χ2n) is 3.83. The van der Waals surface area contributed by atoms with Gasteiger partial charge in [-0.05, 0) is 47.4 Å². The molecule has 0 amide bonds. The van der Waals surface area contributed by atoms with Crippen LogP contribution in [0.2, 0.25) is 0 Å². The van der Waals surface area contributed by atoms with Crippen LogP contribution < -0.4 is 5.32 Å². The van der Waals surface area contributed by atoms with Crippen molar-refractivity contribution in [2.45, 2.75) is 18.9 Å². The monoisotopic (exact) mass is 314 g/mol. The fourth-order valence-corrected chi connectivity index (χ4v) is 4.26. The quantitative estimate of drug-likeness (QED) is 0.904. The summed E-state index contributed by atoms with van der Waals surface area (Å²) in [4.78, 5) is 5.97. The van der Waals surface area contributed by atoms with E-state index >= 15 is 0 Å². The Balaban J connectivity index is 1.87. The first kappa shape index (κ1) is 10.9. The Bertz CT molecular complexity index is 486. The van der Waals surface area contributed by atoms with E-state index in [0.717, 1.165) is 11.6 Å². The van der Waals surface area contributed by atoms with Crippen LogP contribution >= 0.6 is 38.6 Å². The molecule has 3 heterocycles. The van der Waals surface area contributed by atoms with Crippen molar-refractivity contribution in [1.82, 2.24) is 10.3 Å². The molecule has 5 heteroatoms. The molecule has 1 fully saturated rings. The topological polar surface area (TPSA) is 24.9 Å². The maximum Gasteiger partial charge on any atom is 0.133 e. The van der Waals surface area contributed by atoms with E-state index in [0.29, 0.717) is 6.04 Å². The van der Waals surface area contributed by atoms with E-state index in [4.69, 9.17) is 4.98 Å². The lowest BCUT2D eigenvalue weighted by atomic mass is 10.2. The smallest absolute Gasteiger partial charge is 0.133 e. The Hall–Kier alpha value is -0.230. The summed E-state index contributed by atoms with van der Waals surface area (Å²) in [6.45, 7) is 1.13. The molecule has 0 aromatic carbocycles. The summed E-state index contributed by atoms with van der Waals surface area (Å²) in [6.07, 6.45) is 2.49. The molecule has 0 saturated carbocycles. The molecule has 1 aliphatic rings. The second kappa shape index (κ2) is 4.56. The first-order chi connectivity index (χ1) is 7.83. The Morgan fingerprint density at radius 1 is 1.44 bits per heavy atom. The van der Waals surface area contributed by atoms with E-state index in [-0.39, 0.29) is 0 Å². The van der Waals surface area contributed by atoms with E-state index in [2.05, 4.69) is 38.8 Å². The molecule has 0 spiro atoms. The minimum atomic E-state index is 0.480. The fourth-order valence-electron chi connectivity index (χ4n) is 1.93. The summed E-state index contributed by atoms with van der Waals surface area (Å²) < 4.78 is 1.17. The molecule has 0 bridgehead atoms. The normalized spacial score (nSPS) is 20.4. The van der Waals surface area contributed by atoms with Gasteiger partial charge in [0.15, 0.2) is 0 Å². The summed E-state index contributed by atoms with van der Waals surface area (Å²) in [5.74, 6) is 0. The molecule has 2 nitrogen and oxygen atoms in total. The van der Waals surface area contributed by atoms with Gasteiger partial charge >= 0.3 is 0 Å². The first-order valence-corrected chi connectivity index (χ1v) is 7.76. The maximum absolute atomic E-state index is 4.72. The molecule has 84 valence electrons. The molecular weight excluding hydrogens is 304 g/mol. The van der Waals surface area contributed by atoms with Crippen LogP contribution in [0.15, 0.2) is 21.3 Å². The molecule has 3 rings (SSSR count). The number of nitrogens with one attached hydrogen (secondary N) is 1. The van der Waals surface area contributed by atoms with Crippen LogP contribution in [-0.4, -0.2) is 11.5 Å². The molecule has 1 atom stereocenters. The van der Waals surface area contributed by atoms with Gasteiger partial charge in [0.2, 0.25) is 0 Å². The second-order valence-corrected chi connectivity index (χ2v) is 7.15. The molecule has 1 N–H and O–H groups in total. The molecule has 1 saturated heterocycles. The van der Waals surface area contributed by atoms with Crippen molar-refractivity contribution in [3.63, 3.8) is 0 Å². The summed E-state index contributed by atoms with van der Waals surface area (Å²) in [5.41, 5.74) is 1.21. The largest absolute Gasteiger partial charge is 0.309 e. The standard InChI is InChI=1S/C11H11BrN2S2/c12-10-4-3-9(16-10)11-14-8(6-15-11)7-2-1-5-13-7/h3-4,6-7,13H,1-2,5H2/t7-/m0/s1. The zero-order chi connectivity index (χ0) is 11.0. The first-order valence-electron chi connectivity index (χ1n) is 5.27. The number of hydrogen-bond acceptors (Lipinski definition) is 4. The molecule has 0 aliphatic carbocycles. The highest BCUT2D eigenvalue weighted by atomic mass is 79.9. The van der Waals surface area contributed by atoms with Gasteiger partial charge in [0.25, 0.3) is 0 Å². The van der Waals surface area contributed by atoms with Gasteiger partial charge < -0.3 is 5.32 Å². The van der Waals surface area contributed by atoms with Crippen molar-refractivity contribution >= 4 is 38.6 Å². The van der Waals surface area contributed by atoms with Crippen LogP contribution in [0.3, 0.4) is 0 Å². The van der Waals surface area contributed by atoms with E-state index in [1.54, 1.807) is 22.7 Å². The predicted molar refractivity (Wildman–Crippen MR) is 73.1 cm³/mol. The molecule has 16 heavy (non-hydrogen) atoms. The third kappa shape index (κ3) is 2.09. The summed E-state index contributed by atoms with van der Waals surface area (Å²) in [5, 5.41) is 6.81. The lowest BCUT2D eigenvalue weighted by Crippen LogP contribution is -2.12. The zero-order valence-electron chi connectivity index (χ0n) is 8.57. The molecule has 1 aliphatic heterocycles. The van der Waals surface area contributed by atoms with Gasteiger partial charge in [-0.1, -0.05) is 0 Å². The van der Waals surface area contributed by atoms with Crippen molar-refractivity contribution < 1.29 is 0 Å². The number of halogens is 1. The SMILES string of the molecule is Brc1ccc(-c2nc([C@@H]3CCCN3)cs2)s1. The van der Waals surface area contributed by atoms with E-state index < -0.39 is 0 Å². The van der Waals surface area contributed by atoms with Crippen LogP contribution in [0.1, 0.15) is 24.6 Å². The van der Waals surface area contributed by atoms with Crippen molar-refractivity contribution in [2.75, 3.05) is 6.54 Å². The number of thiazole rings is 1. The third-order valence-electron chi connectivity index (χ3n) is 2.72. The summed E-state index contributed by atoms with van der Waals surface area (Å²) in [6, 6.07) is 4.68. The highest BCUT2D eigenvalue weighted by molar-refractivity contribution is 9.11. The number of hydrogen-bond donors (Lipinski definition) is 1. The average molecular weight is 315 g/mol. The number of nitrogens with zero attached hydrogens (tertiary/aromatic N) is 1. The fraction of sp³-hybridized carbons (Fsp3) is 0.364. The Labute approximate surface area is 111 Å². The lowest BCUT2D eigenvalue weighted by Gasteiger charge is -2.04. The van der Waals surface area contributed by atoms with Crippen LogP contribution in [-0.2, 0) is 0 Å². The van der Waals surface area contributed by atoms with Crippen LogP contribution in [0.5, 0.6) is 0 Å². The number of rotatable bonds is 2. The zero-order valence-corrected chi connectivity index (χ0v) is 11.8. The number of thiophene rings is 1. The van der Waals surface area contributed by atoms with Crippen molar-refractivity contribution in [3.8, 4) is 9.88 Å². The highest BCUT2D eigenvalue weighted by Gasteiger charge is 2.19. The molecule has 0 unspecified atom stereocenters. The van der Waals surface area contributed by atoms with Crippen LogP contribution in [0, 0.1) is 0 Å². The predicted octanol–water partition coefficient (Wildman–Crippen LogP) is 4.06. The average Bonchev–Trinajstić information content (AvgIpc) is 2.97. The Morgan fingerprint density at radius 3 is 3.06 bits per heavy atom. The Morgan fingerprint density at radius 2 is 2.38 bits per heavy atom. The molecule has 2 aromatic heterocycles. The van der Waals surface area contributed by atoms with Gasteiger partial charge in [0.1, 0.15) is 5.01 Å². The number of aromatic nitrogens is 1. The minimum Gasteiger partial charge on any atom is -0.309 e. The van der Waals surface area contributed by atoms with Crippen molar-refractivity contribution in [3.05, 3.63) is 27.0 Å².